The average molecular weight is 554 g/mol. The molecule has 0 saturated heterocycles. The number of ether oxygens (including phenoxy) is 2. The van der Waals surface area contributed by atoms with Gasteiger partial charge in [0.1, 0.15) is 18.2 Å². The van der Waals surface area contributed by atoms with Crippen molar-refractivity contribution in [2.45, 2.75) is 25.6 Å². The van der Waals surface area contributed by atoms with Gasteiger partial charge in [-0.1, -0.05) is 12.7 Å². The molecule has 4 N–H and O–H groups in total. The number of halogens is 6. The number of carbonyl (C=O) groups excluding carboxylic acids is 1. The highest BCUT2D eigenvalue weighted by molar-refractivity contribution is 5.85. The molecule has 3 aromatic rings. The summed E-state index contributed by atoms with van der Waals surface area (Å²) < 4.78 is 85.2. The van der Waals surface area contributed by atoms with Crippen molar-refractivity contribution in [2.24, 2.45) is 0 Å². The first-order valence-corrected chi connectivity index (χ1v) is 11.0. The smallest absolute Gasteiger partial charge is 0.441 e. The second-order valence-electron chi connectivity index (χ2n) is 7.86. The van der Waals surface area contributed by atoms with Crippen molar-refractivity contribution >= 4 is 11.8 Å². The molecule has 0 aliphatic carbocycles. The summed E-state index contributed by atoms with van der Waals surface area (Å²) in [5.41, 5.74) is 4.07. The fourth-order valence-electron chi connectivity index (χ4n) is 3.06. The first-order valence-electron chi connectivity index (χ1n) is 11.0. The Balaban J connectivity index is 1.59. The van der Waals surface area contributed by atoms with E-state index in [1.807, 2.05) is 0 Å². The molecule has 0 bridgehead atoms. The lowest BCUT2D eigenvalue weighted by Gasteiger charge is -2.14. The molecule has 39 heavy (non-hydrogen) atoms. The van der Waals surface area contributed by atoms with Crippen LogP contribution < -0.4 is 15.8 Å². The lowest BCUT2D eigenvalue weighted by molar-refractivity contribution is -0.276. The Bertz CT molecular complexity index is 1360. The lowest BCUT2D eigenvalue weighted by atomic mass is 10.1. The molecule has 0 radical (unpaired) electrons. The lowest BCUT2D eigenvalue weighted by Crippen LogP contribution is -2.41. The summed E-state index contributed by atoms with van der Waals surface area (Å²) in [6, 6.07) is 11.4. The third kappa shape index (κ3) is 8.46. The van der Waals surface area contributed by atoms with E-state index in [4.69, 9.17) is 4.74 Å². The Morgan fingerprint density at radius 2 is 1.69 bits per heavy atom. The zero-order valence-electron chi connectivity index (χ0n) is 20.3. The molecule has 1 unspecified atom stereocenters. The van der Waals surface area contributed by atoms with E-state index in [9.17, 15) is 31.1 Å². The predicted octanol–water partition coefficient (Wildman–Crippen LogP) is 5.57. The number of amides is 1. The van der Waals surface area contributed by atoms with Crippen LogP contribution in [-0.2, 0) is 4.74 Å². The van der Waals surface area contributed by atoms with Crippen LogP contribution in [0, 0.1) is 0 Å². The minimum atomic E-state index is -4.79. The monoisotopic (exact) mass is 554 g/mol. The SMILES string of the molecule is C=C(/C=C\C(=C/[NH3+])C(C)OC(=O)Nc1ccc(-c2ncn(-c3ccc(OC(F)(F)F)cc3)n2)cc1)C(F)(F)F. The van der Waals surface area contributed by atoms with Crippen molar-refractivity contribution in [1.82, 2.24) is 14.8 Å². The third-order valence-corrected chi connectivity index (χ3v) is 5.05. The zero-order chi connectivity index (χ0) is 28.8. The highest BCUT2D eigenvalue weighted by Crippen LogP contribution is 2.26. The van der Waals surface area contributed by atoms with E-state index in [2.05, 4.69) is 32.4 Å². The van der Waals surface area contributed by atoms with Crippen molar-refractivity contribution < 1.29 is 46.3 Å². The first kappa shape index (κ1) is 29.0. The Morgan fingerprint density at radius 3 is 2.26 bits per heavy atom. The van der Waals surface area contributed by atoms with Crippen LogP contribution in [0.25, 0.3) is 17.1 Å². The van der Waals surface area contributed by atoms with Crippen molar-refractivity contribution in [2.75, 3.05) is 5.32 Å². The van der Waals surface area contributed by atoms with E-state index < -0.39 is 30.3 Å². The number of hydrogen-bond acceptors (Lipinski definition) is 5. The summed E-state index contributed by atoms with van der Waals surface area (Å²) in [6.45, 7) is 4.41. The van der Waals surface area contributed by atoms with Gasteiger partial charge < -0.3 is 15.2 Å². The molecular formula is C25H22F6N5O3+. The molecule has 8 nitrogen and oxygen atoms in total. The van der Waals surface area contributed by atoms with E-state index in [0.717, 1.165) is 24.3 Å². The number of alkyl halides is 6. The highest BCUT2D eigenvalue weighted by Gasteiger charge is 2.31. The third-order valence-electron chi connectivity index (χ3n) is 5.05. The number of anilines is 1. The van der Waals surface area contributed by atoms with Crippen LogP contribution in [0.4, 0.5) is 36.8 Å². The maximum Gasteiger partial charge on any atom is 0.573 e. The van der Waals surface area contributed by atoms with Crippen LogP contribution >= 0.6 is 0 Å². The van der Waals surface area contributed by atoms with Gasteiger partial charge in [0.25, 0.3) is 0 Å². The van der Waals surface area contributed by atoms with Gasteiger partial charge in [-0.05, 0) is 61.5 Å². The molecule has 2 aromatic carbocycles. The molecule has 0 saturated carbocycles. The number of benzene rings is 2. The normalized spacial score (nSPS) is 13.3. The van der Waals surface area contributed by atoms with Gasteiger partial charge in [-0.25, -0.2) is 14.5 Å². The molecule has 0 fully saturated rings. The number of rotatable bonds is 8. The van der Waals surface area contributed by atoms with Crippen LogP contribution in [0.15, 0.2) is 90.9 Å². The van der Waals surface area contributed by atoms with Crippen LogP contribution in [0.5, 0.6) is 5.75 Å². The van der Waals surface area contributed by atoms with Crippen molar-refractivity contribution in [3.63, 3.8) is 0 Å². The van der Waals surface area contributed by atoms with Gasteiger partial charge in [0, 0.05) is 22.4 Å². The molecule has 1 amide bonds. The molecule has 3 rings (SSSR count). The molecule has 1 atom stereocenters. The summed E-state index contributed by atoms with van der Waals surface area (Å²) in [7, 11) is 0. The second-order valence-corrected chi connectivity index (χ2v) is 7.86. The largest absolute Gasteiger partial charge is 0.573 e. The summed E-state index contributed by atoms with van der Waals surface area (Å²) in [5, 5.41) is 6.80. The number of allylic oxidation sites excluding steroid dienone is 2. The number of nitrogens with zero attached hydrogens (tertiary/aromatic N) is 3. The standard InChI is InChI=1S/C25H21F6N5O3/c1-15(24(26,27)28)3-4-18(13-32)16(2)38-23(37)34-19-7-5-17(6-8-19)22-33-14-36(35-22)20-9-11-21(12-10-20)39-25(29,30)31/h3-14,16H,1,32H2,2H3,(H,34,37)/p+1/b4-3-,18-13+. The summed E-state index contributed by atoms with van der Waals surface area (Å²) >= 11 is 0. The quantitative estimate of drug-likeness (QED) is 0.280. The van der Waals surface area contributed by atoms with E-state index in [1.54, 1.807) is 24.3 Å². The van der Waals surface area contributed by atoms with Gasteiger partial charge in [0.2, 0.25) is 0 Å². The number of carbonyl (C=O) groups is 1. The highest BCUT2D eigenvalue weighted by atomic mass is 19.4. The maximum atomic E-state index is 12.6. The first-order chi connectivity index (χ1) is 18.2. The van der Waals surface area contributed by atoms with Gasteiger partial charge >= 0.3 is 18.6 Å². The van der Waals surface area contributed by atoms with Gasteiger partial charge in [-0.15, -0.1) is 18.3 Å². The summed E-state index contributed by atoms with van der Waals surface area (Å²) in [4.78, 5) is 16.4. The van der Waals surface area contributed by atoms with E-state index in [-0.39, 0.29) is 11.3 Å². The van der Waals surface area contributed by atoms with Crippen LogP contribution in [0.1, 0.15) is 6.92 Å². The van der Waals surface area contributed by atoms with Gasteiger partial charge in [0.15, 0.2) is 5.82 Å². The minimum absolute atomic E-state index is 0.232. The minimum Gasteiger partial charge on any atom is -0.441 e. The Hall–Kier alpha value is -4.59. The fraction of sp³-hybridized carbons (Fsp3) is 0.160. The van der Waals surface area contributed by atoms with Gasteiger partial charge in [-0.3, -0.25) is 5.32 Å². The van der Waals surface area contributed by atoms with E-state index in [0.29, 0.717) is 22.8 Å². The second kappa shape index (κ2) is 11.9. The van der Waals surface area contributed by atoms with Crippen molar-refractivity contribution in [1.29, 1.82) is 0 Å². The summed E-state index contributed by atoms with van der Waals surface area (Å²) in [5.74, 6) is -0.0594. The van der Waals surface area contributed by atoms with Gasteiger partial charge in [-0.2, -0.15) is 13.2 Å². The zero-order valence-corrected chi connectivity index (χ0v) is 20.3. The topological polar surface area (TPSA) is 106 Å². The summed E-state index contributed by atoms with van der Waals surface area (Å²) in [6.07, 6.45) is -6.59. The van der Waals surface area contributed by atoms with E-state index >= 15 is 0 Å². The maximum absolute atomic E-state index is 12.6. The molecule has 0 spiro atoms. The van der Waals surface area contributed by atoms with Crippen LogP contribution in [-0.4, -0.2) is 39.5 Å². The average Bonchev–Trinajstić information content (AvgIpc) is 3.34. The van der Waals surface area contributed by atoms with E-state index in [1.165, 1.54) is 36.3 Å². The Kier molecular flexibility index (Phi) is 8.81. The molecular weight excluding hydrogens is 532 g/mol. The molecule has 206 valence electrons. The van der Waals surface area contributed by atoms with Crippen LogP contribution in [0.2, 0.25) is 0 Å². The number of nitrogens with one attached hydrogen (secondary N) is 1. The van der Waals surface area contributed by atoms with Crippen LogP contribution in [0.3, 0.4) is 0 Å². The number of hydrogen-bond donors (Lipinski definition) is 2. The molecule has 14 heteroatoms. The molecule has 1 heterocycles. The Labute approximate surface area is 218 Å². The fourth-order valence-corrected chi connectivity index (χ4v) is 3.06. The molecule has 1 aromatic heterocycles. The van der Waals surface area contributed by atoms with Gasteiger partial charge in [0.05, 0.1) is 11.9 Å². The number of aromatic nitrogens is 3. The van der Waals surface area contributed by atoms with Crippen molar-refractivity contribution in [3.05, 3.63) is 90.9 Å². The van der Waals surface area contributed by atoms with Crippen molar-refractivity contribution in [3.8, 4) is 22.8 Å². The molecule has 0 aliphatic rings. The molecule has 0 aliphatic heterocycles. The number of quaternary nitrogens is 1. The predicted molar refractivity (Wildman–Crippen MR) is 128 cm³/mol. The Morgan fingerprint density at radius 1 is 1.05 bits per heavy atom.